The highest BCUT2D eigenvalue weighted by molar-refractivity contribution is 5.30. The highest BCUT2D eigenvalue weighted by atomic mass is 15.3. The molecule has 20 heavy (non-hydrogen) atoms. The minimum Gasteiger partial charge on any atom is -0.324 e. The molecule has 0 saturated carbocycles. The molecular weight excluding hydrogens is 246 g/mol. The first kappa shape index (κ1) is 17.2. The summed E-state index contributed by atoms with van der Waals surface area (Å²) in [4.78, 5) is 0. The maximum absolute atomic E-state index is 6.30. The Labute approximate surface area is 124 Å². The molecule has 2 N–H and O–H groups in total. The molecule has 0 saturated heterocycles. The molecule has 0 radical (unpaired) electrons. The van der Waals surface area contributed by atoms with E-state index in [1.807, 2.05) is 0 Å². The summed E-state index contributed by atoms with van der Waals surface area (Å²) in [7, 11) is 0. The van der Waals surface area contributed by atoms with Gasteiger partial charge < -0.3 is 5.73 Å². The van der Waals surface area contributed by atoms with Crippen LogP contribution < -0.4 is 5.73 Å². The molecule has 3 heteroatoms. The fourth-order valence-corrected chi connectivity index (χ4v) is 2.88. The van der Waals surface area contributed by atoms with Gasteiger partial charge in [0.25, 0.3) is 0 Å². The summed E-state index contributed by atoms with van der Waals surface area (Å²) in [5.41, 5.74) is 10.2. The molecule has 0 aliphatic carbocycles. The van der Waals surface area contributed by atoms with Crippen LogP contribution in [0.15, 0.2) is 0 Å². The standard InChI is InChI=1S/C17H33N3/c1-5-9-10-11-12-13-20-16(8-4)17(14(18)6-2)15(7-3)19-20/h14H,5-13,18H2,1-4H3. The van der Waals surface area contributed by atoms with Crippen molar-refractivity contribution in [1.29, 1.82) is 0 Å². The molecule has 0 bridgehead atoms. The Morgan fingerprint density at radius 1 is 1.00 bits per heavy atom. The molecule has 1 heterocycles. The van der Waals surface area contributed by atoms with Crippen molar-refractivity contribution in [2.45, 2.75) is 91.6 Å². The zero-order valence-corrected chi connectivity index (χ0v) is 13.9. The van der Waals surface area contributed by atoms with Crippen molar-refractivity contribution in [3.05, 3.63) is 17.0 Å². The smallest absolute Gasteiger partial charge is 0.0672 e. The van der Waals surface area contributed by atoms with E-state index in [4.69, 9.17) is 10.8 Å². The summed E-state index contributed by atoms with van der Waals surface area (Å²) < 4.78 is 2.23. The predicted octanol–water partition coefficient (Wildman–Crippen LogP) is 4.39. The maximum atomic E-state index is 6.30. The van der Waals surface area contributed by atoms with E-state index in [1.54, 1.807) is 0 Å². The molecule has 0 spiro atoms. The second-order valence-electron chi connectivity index (χ2n) is 5.67. The van der Waals surface area contributed by atoms with Gasteiger partial charge in [-0.1, -0.05) is 53.4 Å². The Bertz CT molecular complexity index is 382. The summed E-state index contributed by atoms with van der Waals surface area (Å²) in [6.07, 6.45) is 9.56. The molecule has 1 atom stereocenters. The van der Waals surface area contributed by atoms with Gasteiger partial charge in [0, 0.05) is 23.8 Å². The van der Waals surface area contributed by atoms with Gasteiger partial charge in [0.15, 0.2) is 0 Å². The van der Waals surface area contributed by atoms with Gasteiger partial charge in [-0.15, -0.1) is 0 Å². The molecule has 1 unspecified atom stereocenters. The monoisotopic (exact) mass is 279 g/mol. The fourth-order valence-electron chi connectivity index (χ4n) is 2.88. The van der Waals surface area contributed by atoms with E-state index in [2.05, 4.69) is 32.4 Å². The number of nitrogens with two attached hydrogens (primary N) is 1. The van der Waals surface area contributed by atoms with Crippen LogP contribution in [0.3, 0.4) is 0 Å². The van der Waals surface area contributed by atoms with Gasteiger partial charge in [-0.2, -0.15) is 5.10 Å². The molecule has 0 aliphatic heterocycles. The van der Waals surface area contributed by atoms with Crippen LogP contribution in [0.1, 0.15) is 89.2 Å². The number of hydrogen-bond acceptors (Lipinski definition) is 2. The predicted molar refractivity (Wildman–Crippen MR) is 87.0 cm³/mol. The molecule has 1 rings (SSSR count). The minimum atomic E-state index is 0.147. The number of aromatic nitrogens is 2. The van der Waals surface area contributed by atoms with Crippen LogP contribution in [-0.4, -0.2) is 9.78 Å². The average Bonchev–Trinajstić information content (AvgIpc) is 2.83. The van der Waals surface area contributed by atoms with Crippen LogP contribution in [0, 0.1) is 0 Å². The van der Waals surface area contributed by atoms with Gasteiger partial charge in [0.2, 0.25) is 0 Å². The first-order chi connectivity index (χ1) is 9.69. The lowest BCUT2D eigenvalue weighted by Crippen LogP contribution is -2.13. The third-order valence-electron chi connectivity index (χ3n) is 4.13. The van der Waals surface area contributed by atoms with Crippen molar-refractivity contribution < 1.29 is 0 Å². The van der Waals surface area contributed by atoms with Crippen molar-refractivity contribution in [3.8, 4) is 0 Å². The molecule has 116 valence electrons. The van der Waals surface area contributed by atoms with Crippen LogP contribution in [-0.2, 0) is 19.4 Å². The lowest BCUT2D eigenvalue weighted by atomic mass is 10.00. The van der Waals surface area contributed by atoms with Crippen LogP contribution in [0.5, 0.6) is 0 Å². The van der Waals surface area contributed by atoms with Gasteiger partial charge in [0.05, 0.1) is 5.69 Å². The van der Waals surface area contributed by atoms with Crippen molar-refractivity contribution in [3.63, 3.8) is 0 Å². The van der Waals surface area contributed by atoms with Crippen LogP contribution in [0.2, 0.25) is 0 Å². The SMILES string of the molecule is CCCCCCCn1nc(CC)c(C(N)CC)c1CC. The highest BCUT2D eigenvalue weighted by Crippen LogP contribution is 2.24. The normalized spacial score (nSPS) is 12.8. The van der Waals surface area contributed by atoms with Gasteiger partial charge in [-0.3, -0.25) is 4.68 Å². The van der Waals surface area contributed by atoms with Crippen molar-refractivity contribution in [2.24, 2.45) is 5.73 Å². The first-order valence-corrected chi connectivity index (χ1v) is 8.53. The Morgan fingerprint density at radius 3 is 2.25 bits per heavy atom. The van der Waals surface area contributed by atoms with Gasteiger partial charge in [-0.25, -0.2) is 0 Å². The summed E-state index contributed by atoms with van der Waals surface area (Å²) >= 11 is 0. The molecule has 0 aromatic carbocycles. The third-order valence-corrected chi connectivity index (χ3v) is 4.13. The molecule has 3 nitrogen and oxygen atoms in total. The Hall–Kier alpha value is -0.830. The summed E-state index contributed by atoms with van der Waals surface area (Å²) in [5.74, 6) is 0. The van der Waals surface area contributed by atoms with Gasteiger partial charge in [-0.05, 0) is 25.7 Å². The number of aryl methyl sites for hydroxylation is 2. The molecule has 0 aliphatic rings. The van der Waals surface area contributed by atoms with E-state index >= 15 is 0 Å². The van der Waals surface area contributed by atoms with E-state index in [9.17, 15) is 0 Å². The summed E-state index contributed by atoms with van der Waals surface area (Å²) in [6, 6.07) is 0.147. The maximum Gasteiger partial charge on any atom is 0.0672 e. The lowest BCUT2D eigenvalue weighted by molar-refractivity contribution is 0.515. The number of nitrogens with zero attached hydrogens (tertiary/aromatic N) is 2. The third kappa shape index (κ3) is 4.34. The summed E-state index contributed by atoms with van der Waals surface area (Å²) in [6.45, 7) is 9.87. The van der Waals surface area contributed by atoms with E-state index in [0.717, 1.165) is 25.8 Å². The topological polar surface area (TPSA) is 43.8 Å². The Balaban J connectivity index is 2.77. The van der Waals surface area contributed by atoms with E-state index in [1.165, 1.54) is 49.1 Å². The summed E-state index contributed by atoms with van der Waals surface area (Å²) in [5, 5.41) is 4.82. The van der Waals surface area contributed by atoms with Crippen LogP contribution in [0.4, 0.5) is 0 Å². The molecule has 0 fully saturated rings. The zero-order valence-electron chi connectivity index (χ0n) is 13.9. The van der Waals surface area contributed by atoms with Gasteiger partial charge >= 0.3 is 0 Å². The largest absolute Gasteiger partial charge is 0.324 e. The van der Waals surface area contributed by atoms with Crippen LogP contribution in [0.25, 0.3) is 0 Å². The number of unbranched alkanes of at least 4 members (excludes halogenated alkanes) is 4. The first-order valence-electron chi connectivity index (χ1n) is 8.53. The highest BCUT2D eigenvalue weighted by Gasteiger charge is 2.19. The van der Waals surface area contributed by atoms with E-state index in [-0.39, 0.29) is 6.04 Å². The van der Waals surface area contributed by atoms with Crippen molar-refractivity contribution >= 4 is 0 Å². The Morgan fingerprint density at radius 2 is 1.70 bits per heavy atom. The van der Waals surface area contributed by atoms with Crippen molar-refractivity contribution in [1.82, 2.24) is 9.78 Å². The van der Waals surface area contributed by atoms with E-state index in [0.29, 0.717) is 0 Å². The van der Waals surface area contributed by atoms with Crippen LogP contribution >= 0.6 is 0 Å². The second kappa shape index (κ2) is 9.17. The van der Waals surface area contributed by atoms with Crippen molar-refractivity contribution in [2.75, 3.05) is 0 Å². The second-order valence-corrected chi connectivity index (χ2v) is 5.67. The molecular formula is C17H33N3. The van der Waals surface area contributed by atoms with Gasteiger partial charge in [0.1, 0.15) is 0 Å². The Kier molecular flexibility index (Phi) is 7.90. The lowest BCUT2D eigenvalue weighted by Gasteiger charge is -2.12. The zero-order chi connectivity index (χ0) is 15.0. The number of rotatable bonds is 10. The number of hydrogen-bond donors (Lipinski definition) is 1. The molecule has 1 aromatic heterocycles. The fraction of sp³-hybridized carbons (Fsp3) is 0.824. The minimum absolute atomic E-state index is 0.147. The molecule has 1 aromatic rings. The average molecular weight is 279 g/mol. The quantitative estimate of drug-likeness (QED) is 0.646. The molecule has 0 amide bonds. The van der Waals surface area contributed by atoms with E-state index < -0.39 is 0 Å².